The zero-order chi connectivity index (χ0) is 18.5. The summed E-state index contributed by atoms with van der Waals surface area (Å²) in [6.07, 6.45) is 0.988. The van der Waals surface area contributed by atoms with Crippen LogP contribution in [-0.2, 0) is 13.0 Å². The fraction of sp³-hybridized carbons (Fsp3) is 0.611. The molecular weight excluding hydrogens is 348 g/mol. The molecule has 0 spiro atoms. The number of aryl methyl sites for hydroxylation is 3. The van der Waals surface area contributed by atoms with Crippen LogP contribution >= 0.6 is 11.3 Å². The number of hydrogen-bond donors (Lipinski definition) is 1. The molecule has 0 radical (unpaired) electrons. The molecule has 3 heterocycles. The van der Waals surface area contributed by atoms with Gasteiger partial charge in [-0.1, -0.05) is 5.16 Å². The van der Waals surface area contributed by atoms with Gasteiger partial charge < -0.3 is 14.7 Å². The Morgan fingerprint density at radius 3 is 2.62 bits per heavy atom. The second-order valence-electron chi connectivity index (χ2n) is 6.66. The van der Waals surface area contributed by atoms with Gasteiger partial charge in [-0.2, -0.15) is 0 Å². The molecule has 1 N–H and O–H groups in total. The van der Waals surface area contributed by atoms with Crippen LogP contribution in [0.25, 0.3) is 0 Å². The number of aliphatic imine (C=N–C) groups is 1. The first kappa shape index (κ1) is 18.8. The third-order valence-corrected chi connectivity index (χ3v) is 5.71. The second kappa shape index (κ2) is 8.64. The maximum Gasteiger partial charge on any atom is 0.193 e. The van der Waals surface area contributed by atoms with E-state index in [1.807, 2.05) is 20.0 Å². The van der Waals surface area contributed by atoms with Gasteiger partial charge in [0.25, 0.3) is 0 Å². The predicted molar refractivity (Wildman–Crippen MR) is 105 cm³/mol. The van der Waals surface area contributed by atoms with Gasteiger partial charge in [-0.05, 0) is 20.8 Å². The minimum atomic E-state index is 0.848. The van der Waals surface area contributed by atoms with Gasteiger partial charge in [0, 0.05) is 63.7 Å². The largest absolute Gasteiger partial charge is 0.361 e. The van der Waals surface area contributed by atoms with Crippen molar-refractivity contribution in [2.75, 3.05) is 39.8 Å². The lowest BCUT2D eigenvalue weighted by Gasteiger charge is -2.36. The van der Waals surface area contributed by atoms with Gasteiger partial charge in [0.05, 0.1) is 16.4 Å². The zero-order valence-corrected chi connectivity index (χ0v) is 16.9. The van der Waals surface area contributed by atoms with Gasteiger partial charge in [-0.15, -0.1) is 11.3 Å². The standard InChI is InChI=1S/C18H28N6OS/c1-13-11-16(22-25-13)12-23-7-9-24(10-8-23)18(19-4)20-6-5-17-14(2)21-15(3)26-17/h11H,5-10,12H2,1-4H3,(H,19,20). The van der Waals surface area contributed by atoms with Gasteiger partial charge in [-0.3, -0.25) is 9.89 Å². The molecule has 0 aromatic carbocycles. The Morgan fingerprint density at radius 2 is 2.04 bits per heavy atom. The molecule has 1 aliphatic rings. The normalized spacial score (nSPS) is 16.3. The molecule has 3 rings (SSSR count). The first-order valence-electron chi connectivity index (χ1n) is 9.08. The summed E-state index contributed by atoms with van der Waals surface area (Å²) >= 11 is 1.79. The molecule has 2 aromatic heterocycles. The molecule has 8 heteroatoms. The minimum Gasteiger partial charge on any atom is -0.361 e. The van der Waals surface area contributed by atoms with E-state index < -0.39 is 0 Å². The number of aromatic nitrogens is 2. The Kier molecular flexibility index (Phi) is 6.26. The number of thiazole rings is 1. The van der Waals surface area contributed by atoms with E-state index in [1.54, 1.807) is 11.3 Å². The molecule has 7 nitrogen and oxygen atoms in total. The van der Waals surface area contributed by atoms with E-state index >= 15 is 0 Å². The van der Waals surface area contributed by atoms with Crippen molar-refractivity contribution < 1.29 is 4.52 Å². The average Bonchev–Trinajstić information content (AvgIpc) is 3.17. The highest BCUT2D eigenvalue weighted by Gasteiger charge is 2.20. The van der Waals surface area contributed by atoms with Gasteiger partial charge >= 0.3 is 0 Å². The highest BCUT2D eigenvalue weighted by molar-refractivity contribution is 7.11. The summed E-state index contributed by atoms with van der Waals surface area (Å²) in [6, 6.07) is 2.01. The molecule has 26 heavy (non-hydrogen) atoms. The maximum atomic E-state index is 5.15. The van der Waals surface area contributed by atoms with Crippen molar-refractivity contribution in [3.63, 3.8) is 0 Å². The number of rotatable bonds is 5. The second-order valence-corrected chi connectivity index (χ2v) is 7.95. The summed E-state index contributed by atoms with van der Waals surface area (Å²) in [5.74, 6) is 1.86. The van der Waals surface area contributed by atoms with Crippen LogP contribution in [-0.4, -0.2) is 65.7 Å². The van der Waals surface area contributed by atoms with Crippen molar-refractivity contribution in [1.82, 2.24) is 25.3 Å². The summed E-state index contributed by atoms with van der Waals surface area (Å²) in [5.41, 5.74) is 2.16. The van der Waals surface area contributed by atoms with Crippen LogP contribution < -0.4 is 5.32 Å². The lowest BCUT2D eigenvalue weighted by atomic mass is 10.3. The van der Waals surface area contributed by atoms with Crippen LogP contribution in [0.4, 0.5) is 0 Å². The Labute approximate surface area is 159 Å². The quantitative estimate of drug-likeness (QED) is 0.636. The van der Waals surface area contributed by atoms with E-state index in [0.717, 1.165) is 73.8 Å². The minimum absolute atomic E-state index is 0.848. The molecule has 1 saturated heterocycles. The van der Waals surface area contributed by atoms with Crippen LogP contribution in [0.15, 0.2) is 15.6 Å². The Bertz CT molecular complexity index is 745. The fourth-order valence-corrected chi connectivity index (χ4v) is 4.20. The van der Waals surface area contributed by atoms with Crippen LogP contribution in [0.2, 0.25) is 0 Å². The molecule has 2 aromatic rings. The van der Waals surface area contributed by atoms with E-state index in [-0.39, 0.29) is 0 Å². The zero-order valence-electron chi connectivity index (χ0n) is 16.1. The Morgan fingerprint density at radius 1 is 1.27 bits per heavy atom. The lowest BCUT2D eigenvalue weighted by molar-refractivity contribution is 0.169. The molecule has 0 bridgehead atoms. The number of nitrogens with one attached hydrogen (secondary N) is 1. The molecule has 1 aliphatic heterocycles. The highest BCUT2D eigenvalue weighted by atomic mass is 32.1. The number of guanidine groups is 1. The number of hydrogen-bond acceptors (Lipinski definition) is 6. The van der Waals surface area contributed by atoms with Crippen LogP contribution in [0.5, 0.6) is 0 Å². The lowest BCUT2D eigenvalue weighted by Crippen LogP contribution is -2.52. The summed E-state index contributed by atoms with van der Waals surface area (Å²) < 4.78 is 5.15. The summed E-state index contributed by atoms with van der Waals surface area (Å²) in [7, 11) is 1.86. The molecular formula is C18H28N6OS. The van der Waals surface area contributed by atoms with Gasteiger partial charge in [0.1, 0.15) is 5.76 Å². The molecule has 0 aliphatic carbocycles. The predicted octanol–water partition coefficient (Wildman–Crippen LogP) is 1.99. The number of nitrogens with zero attached hydrogens (tertiary/aromatic N) is 5. The first-order chi connectivity index (χ1) is 12.5. The summed E-state index contributed by atoms with van der Waals surface area (Å²) in [4.78, 5) is 15.0. The van der Waals surface area contributed by atoms with Crippen LogP contribution in [0, 0.1) is 20.8 Å². The van der Waals surface area contributed by atoms with Crippen molar-refractivity contribution in [2.24, 2.45) is 4.99 Å². The number of piperazine rings is 1. The van der Waals surface area contributed by atoms with Gasteiger partial charge in [0.2, 0.25) is 0 Å². The SMILES string of the molecule is CN=C(NCCc1sc(C)nc1C)N1CCN(Cc2cc(C)on2)CC1. The highest BCUT2D eigenvalue weighted by Crippen LogP contribution is 2.17. The third kappa shape index (κ3) is 4.82. The third-order valence-electron chi connectivity index (χ3n) is 4.58. The van der Waals surface area contributed by atoms with E-state index in [4.69, 9.17) is 4.52 Å². The monoisotopic (exact) mass is 376 g/mol. The maximum absolute atomic E-state index is 5.15. The van der Waals surface area contributed by atoms with Crippen molar-refractivity contribution in [2.45, 2.75) is 33.7 Å². The fourth-order valence-electron chi connectivity index (χ4n) is 3.26. The Balaban J connectivity index is 1.44. The molecule has 0 unspecified atom stereocenters. The van der Waals surface area contributed by atoms with Gasteiger partial charge in [-0.25, -0.2) is 4.98 Å². The molecule has 1 fully saturated rings. The molecule has 142 valence electrons. The van der Waals surface area contributed by atoms with E-state index in [2.05, 4.69) is 44.1 Å². The van der Waals surface area contributed by atoms with Crippen molar-refractivity contribution >= 4 is 17.3 Å². The average molecular weight is 377 g/mol. The smallest absolute Gasteiger partial charge is 0.193 e. The first-order valence-corrected chi connectivity index (χ1v) is 9.90. The molecule has 0 atom stereocenters. The van der Waals surface area contributed by atoms with Crippen molar-refractivity contribution in [3.05, 3.63) is 33.1 Å². The van der Waals surface area contributed by atoms with Crippen molar-refractivity contribution in [1.29, 1.82) is 0 Å². The molecule has 0 amide bonds. The van der Waals surface area contributed by atoms with E-state index in [9.17, 15) is 0 Å². The van der Waals surface area contributed by atoms with Gasteiger partial charge in [0.15, 0.2) is 5.96 Å². The van der Waals surface area contributed by atoms with E-state index in [1.165, 1.54) is 4.88 Å². The summed E-state index contributed by atoms with van der Waals surface area (Å²) in [5, 5.41) is 8.73. The van der Waals surface area contributed by atoms with Crippen LogP contribution in [0.1, 0.15) is 27.0 Å². The van der Waals surface area contributed by atoms with E-state index in [0.29, 0.717) is 0 Å². The summed E-state index contributed by atoms with van der Waals surface area (Å²) in [6.45, 7) is 11.7. The van der Waals surface area contributed by atoms with Crippen molar-refractivity contribution in [3.8, 4) is 0 Å². The Hall–Kier alpha value is -1.93. The topological polar surface area (TPSA) is 69.8 Å². The molecule has 0 saturated carbocycles. The van der Waals surface area contributed by atoms with Crippen LogP contribution in [0.3, 0.4) is 0 Å².